The zero-order chi connectivity index (χ0) is 33.9. The van der Waals surface area contributed by atoms with E-state index in [-0.39, 0.29) is 0 Å². The van der Waals surface area contributed by atoms with Gasteiger partial charge >= 0.3 is 29.7 Å². The number of phenols is 9. The number of carbonyl (C=O) groups excluding carboxylic acids is 3. The van der Waals surface area contributed by atoms with E-state index in [0.29, 0.717) is 24.3 Å². The Hall–Kier alpha value is -5.89. The Kier molecular flexibility index (Phi) is 7.49. The van der Waals surface area contributed by atoms with Crippen molar-refractivity contribution in [2.24, 2.45) is 0 Å². The third-order valence-electron chi connectivity index (χ3n) is 6.83. The van der Waals surface area contributed by atoms with Crippen LogP contribution >= 0.6 is 0 Å². The molecule has 46 heavy (non-hydrogen) atoms. The van der Waals surface area contributed by atoms with E-state index >= 15 is 0 Å². The summed E-state index contributed by atoms with van der Waals surface area (Å²) in [5.41, 5.74) is -1.75. The molecule has 11 N–H and O–H groups in total. The smallest absolute Gasteiger partial charge is 0.394 e. The molecule has 2 aliphatic rings. The van der Waals surface area contributed by atoms with Crippen LogP contribution in [0.1, 0.15) is 31.1 Å². The van der Waals surface area contributed by atoms with Gasteiger partial charge < -0.3 is 75.1 Å². The second-order valence-electron chi connectivity index (χ2n) is 9.90. The number of hydrogen-bond donors (Lipinski definition) is 11. The molecule has 5 atom stereocenters. The fourth-order valence-corrected chi connectivity index (χ4v) is 4.39. The van der Waals surface area contributed by atoms with Gasteiger partial charge in [0.05, 0.1) is 16.7 Å². The number of aromatic hydroxyl groups is 9. The Balaban J connectivity index is 1.43. The minimum Gasteiger partial charge on any atom is -0.504 e. The normalized spacial score (nSPS) is 24.8. The fraction of sp³-hybridized carbons (Fsp3) is 0.222. The van der Waals surface area contributed by atoms with Crippen LogP contribution in [0.2, 0.25) is 0 Å². The number of benzene rings is 3. The zero-order valence-corrected chi connectivity index (χ0v) is 22.6. The molecule has 0 aliphatic carbocycles. The van der Waals surface area contributed by atoms with E-state index in [2.05, 4.69) is 0 Å². The predicted molar refractivity (Wildman–Crippen MR) is 139 cm³/mol. The summed E-state index contributed by atoms with van der Waals surface area (Å²) in [4.78, 5) is 38.4. The van der Waals surface area contributed by atoms with E-state index in [1.165, 1.54) is 0 Å². The van der Waals surface area contributed by atoms with E-state index in [9.17, 15) is 70.6 Å². The molecule has 2 fully saturated rings. The van der Waals surface area contributed by atoms with Gasteiger partial charge in [-0.3, -0.25) is 4.74 Å². The summed E-state index contributed by atoms with van der Waals surface area (Å²) in [6.07, 6.45) is -6.30. The molecule has 0 bridgehead atoms. The van der Waals surface area contributed by atoms with Crippen LogP contribution in [0.5, 0.6) is 51.7 Å². The molecule has 19 heteroatoms. The van der Waals surface area contributed by atoms with Gasteiger partial charge in [-0.15, -0.1) is 0 Å². The topological polar surface area (TPSA) is 323 Å². The summed E-state index contributed by atoms with van der Waals surface area (Å²) in [6, 6.07) is 4.04. The summed E-state index contributed by atoms with van der Waals surface area (Å²) >= 11 is 0. The number of epoxide rings is 1. The lowest BCUT2D eigenvalue weighted by molar-refractivity contribution is -0.292. The molecular formula is C27H22O19. The van der Waals surface area contributed by atoms with Crippen molar-refractivity contribution in [2.45, 2.75) is 30.1 Å². The third kappa shape index (κ3) is 5.24. The molecule has 0 saturated carbocycles. The monoisotopic (exact) mass is 650 g/mol. The number of carbonyl (C=O) groups is 3. The van der Waals surface area contributed by atoms with Crippen molar-refractivity contribution in [1.82, 2.24) is 0 Å². The summed E-state index contributed by atoms with van der Waals surface area (Å²) in [6.45, 7) is -0.989. The maximum absolute atomic E-state index is 12.9. The predicted octanol–water partition coefficient (Wildman–Crippen LogP) is -0.591. The molecule has 5 rings (SSSR count). The van der Waals surface area contributed by atoms with E-state index < -0.39 is 123 Å². The number of aliphatic hydroxyl groups excluding tert-OH is 1. The van der Waals surface area contributed by atoms with Gasteiger partial charge in [0.15, 0.2) is 57.8 Å². The second-order valence-corrected chi connectivity index (χ2v) is 9.90. The van der Waals surface area contributed by atoms with Crippen LogP contribution in [0.15, 0.2) is 36.4 Å². The van der Waals surface area contributed by atoms with E-state index in [1.807, 2.05) is 0 Å². The van der Waals surface area contributed by atoms with Crippen LogP contribution in [-0.4, -0.2) is 111 Å². The minimum atomic E-state index is -2.99. The molecule has 2 heterocycles. The largest absolute Gasteiger partial charge is 0.504 e. The average molecular weight is 650 g/mol. The van der Waals surface area contributed by atoms with Gasteiger partial charge in [-0.1, -0.05) is 0 Å². The summed E-state index contributed by atoms with van der Waals surface area (Å²) in [5.74, 6) is -18.7. The minimum absolute atomic E-state index is 0.500. The highest BCUT2D eigenvalue weighted by atomic mass is 17.0. The Labute approximate surface area is 254 Å². The third-order valence-corrected chi connectivity index (χ3v) is 6.83. The lowest BCUT2D eigenvalue weighted by atomic mass is 9.98. The molecule has 19 nitrogen and oxygen atoms in total. The first-order valence-electron chi connectivity index (χ1n) is 12.6. The molecule has 0 amide bonds. The van der Waals surface area contributed by atoms with Crippen molar-refractivity contribution < 1.29 is 94.2 Å². The Morgan fingerprint density at radius 3 is 1.48 bits per heavy atom. The van der Waals surface area contributed by atoms with Gasteiger partial charge in [-0.25, -0.2) is 14.4 Å². The molecule has 2 aliphatic heterocycles. The lowest BCUT2D eigenvalue weighted by Gasteiger charge is -2.36. The first-order chi connectivity index (χ1) is 21.5. The molecule has 2 saturated heterocycles. The van der Waals surface area contributed by atoms with Crippen LogP contribution in [-0.2, 0) is 23.7 Å². The van der Waals surface area contributed by atoms with E-state index in [4.69, 9.17) is 23.7 Å². The van der Waals surface area contributed by atoms with Crippen molar-refractivity contribution in [3.63, 3.8) is 0 Å². The quantitative estimate of drug-likeness (QED) is 0.0658. The van der Waals surface area contributed by atoms with Crippen molar-refractivity contribution in [3.05, 3.63) is 53.1 Å². The maximum atomic E-state index is 12.9. The van der Waals surface area contributed by atoms with Gasteiger partial charge in [-0.2, -0.15) is 0 Å². The molecule has 3 aromatic rings. The zero-order valence-electron chi connectivity index (χ0n) is 22.6. The standard InChI is InChI=1S/C27H22O19/c28-11-1-8(2-12(29)18(11)34)23(38)42-7-17-21(37)22(43-24(39)9-3-13(30)19(35)14(31)4-9)26(41)27(44-17,46-26)45-25(40)10-5-15(32)20(36)16(33)6-10/h1-6,17,21-22,28-37,41H,7H2/t17-,21-,22+,26-,27-/m1/s1. The van der Waals surface area contributed by atoms with Crippen molar-refractivity contribution in [2.75, 3.05) is 6.61 Å². The Morgan fingerprint density at radius 1 is 0.652 bits per heavy atom. The number of aliphatic hydroxyl groups is 2. The number of esters is 3. The lowest BCUT2D eigenvalue weighted by Crippen LogP contribution is -2.61. The molecule has 0 spiro atoms. The van der Waals surface area contributed by atoms with E-state index in [0.717, 1.165) is 12.1 Å². The first kappa shape index (κ1) is 31.5. The number of phenolic OH excluding ortho intramolecular Hbond substituents is 9. The fourth-order valence-electron chi connectivity index (χ4n) is 4.39. The number of rotatable bonds is 7. The maximum Gasteiger partial charge on any atom is 0.394 e. The number of fused-ring (bicyclic) bond motifs is 1. The highest BCUT2D eigenvalue weighted by Gasteiger charge is 2.86. The first-order valence-corrected chi connectivity index (χ1v) is 12.6. The SMILES string of the molecule is O=C(OC[C@H]1O[C@]2(OC(=O)c3cc(O)c(O)c(O)c3)O[C@]2(O)[C@@H](OC(=O)c2cc(O)c(O)c(O)c2)[C@@H]1O)c1cc(O)c(O)c(O)c1. The molecular weight excluding hydrogens is 628 g/mol. The van der Waals surface area contributed by atoms with Crippen molar-refractivity contribution in [3.8, 4) is 51.7 Å². The van der Waals surface area contributed by atoms with Gasteiger partial charge in [0.2, 0.25) is 0 Å². The number of ether oxygens (including phenoxy) is 5. The molecule has 0 aromatic heterocycles. The summed E-state index contributed by atoms with van der Waals surface area (Å²) < 4.78 is 25.7. The van der Waals surface area contributed by atoms with Crippen LogP contribution in [0, 0.1) is 0 Å². The van der Waals surface area contributed by atoms with Crippen molar-refractivity contribution in [1.29, 1.82) is 0 Å². The average Bonchev–Trinajstić information content (AvgIpc) is 3.60. The number of hydrogen-bond acceptors (Lipinski definition) is 19. The van der Waals surface area contributed by atoms with Crippen LogP contribution in [0.4, 0.5) is 0 Å². The van der Waals surface area contributed by atoms with Gasteiger partial charge in [0.1, 0.15) is 18.8 Å². The molecule has 3 aromatic carbocycles. The molecule has 0 radical (unpaired) electrons. The summed E-state index contributed by atoms with van der Waals surface area (Å²) in [7, 11) is 0. The molecule has 0 unspecified atom stereocenters. The van der Waals surface area contributed by atoms with Gasteiger partial charge in [0.25, 0.3) is 0 Å². The van der Waals surface area contributed by atoms with Gasteiger partial charge in [0, 0.05) is 0 Å². The van der Waals surface area contributed by atoms with Crippen LogP contribution in [0.3, 0.4) is 0 Å². The van der Waals surface area contributed by atoms with E-state index in [1.54, 1.807) is 0 Å². The Morgan fingerprint density at radius 2 is 1.04 bits per heavy atom. The highest BCUT2D eigenvalue weighted by Crippen LogP contribution is 2.57. The van der Waals surface area contributed by atoms with Crippen LogP contribution < -0.4 is 0 Å². The van der Waals surface area contributed by atoms with Gasteiger partial charge in [-0.05, 0) is 36.4 Å². The second kappa shape index (κ2) is 10.9. The van der Waals surface area contributed by atoms with Crippen molar-refractivity contribution >= 4 is 17.9 Å². The Bertz CT molecular complexity index is 1700. The highest BCUT2D eigenvalue weighted by molar-refractivity contribution is 5.92. The van der Waals surface area contributed by atoms with Crippen LogP contribution in [0.25, 0.3) is 0 Å². The summed E-state index contributed by atoms with van der Waals surface area (Å²) in [5, 5.41) is 109. The molecule has 244 valence electrons.